The molecule has 0 aliphatic rings. The Bertz CT molecular complexity index is 472. The summed E-state index contributed by atoms with van der Waals surface area (Å²) in [6.45, 7) is 6.79. The zero-order valence-electron chi connectivity index (χ0n) is 8.47. The first kappa shape index (κ1) is 9.92. The SMILES string of the molecule is C[Si](C)(C)c1cc2cc(Br)cnc2o1. The van der Waals surface area contributed by atoms with Crippen LogP contribution in [-0.2, 0) is 0 Å². The third-order valence-corrected chi connectivity index (χ3v) is 4.24. The van der Waals surface area contributed by atoms with Gasteiger partial charge in [-0.3, -0.25) is 0 Å². The van der Waals surface area contributed by atoms with Gasteiger partial charge in [0, 0.05) is 16.1 Å². The van der Waals surface area contributed by atoms with Crippen molar-refractivity contribution in [2.24, 2.45) is 0 Å². The smallest absolute Gasteiger partial charge is 0.225 e. The minimum atomic E-state index is -1.36. The van der Waals surface area contributed by atoms with Gasteiger partial charge in [-0.1, -0.05) is 19.6 Å². The number of pyridine rings is 1. The van der Waals surface area contributed by atoms with E-state index in [2.05, 4.69) is 46.6 Å². The van der Waals surface area contributed by atoms with Gasteiger partial charge in [0.1, 0.15) is 8.07 Å². The Morgan fingerprint density at radius 1 is 1.29 bits per heavy atom. The van der Waals surface area contributed by atoms with Crippen molar-refractivity contribution in [1.82, 2.24) is 4.98 Å². The number of halogens is 1. The highest BCUT2D eigenvalue weighted by molar-refractivity contribution is 9.10. The molecule has 0 aliphatic heterocycles. The van der Waals surface area contributed by atoms with Gasteiger partial charge in [0.15, 0.2) is 0 Å². The molecule has 0 unspecified atom stereocenters. The number of rotatable bonds is 1. The van der Waals surface area contributed by atoms with Gasteiger partial charge in [-0.15, -0.1) is 0 Å². The maximum atomic E-state index is 5.72. The van der Waals surface area contributed by atoms with Crippen LogP contribution in [-0.4, -0.2) is 13.1 Å². The molecule has 0 saturated heterocycles. The molecule has 0 bridgehead atoms. The summed E-state index contributed by atoms with van der Waals surface area (Å²) in [7, 11) is -1.36. The number of hydrogen-bond acceptors (Lipinski definition) is 2. The molecule has 4 heteroatoms. The summed E-state index contributed by atoms with van der Waals surface area (Å²) in [6.07, 6.45) is 1.76. The molecule has 2 nitrogen and oxygen atoms in total. The summed E-state index contributed by atoms with van der Waals surface area (Å²) < 4.78 is 6.71. The Hall–Kier alpha value is -0.613. The fourth-order valence-electron chi connectivity index (χ4n) is 1.28. The van der Waals surface area contributed by atoms with E-state index in [0.717, 1.165) is 21.0 Å². The molecular formula is C10H12BrNOSi. The molecule has 74 valence electrons. The van der Waals surface area contributed by atoms with Crippen molar-refractivity contribution in [1.29, 1.82) is 0 Å². The van der Waals surface area contributed by atoms with Gasteiger partial charge in [-0.2, -0.15) is 0 Å². The summed E-state index contributed by atoms with van der Waals surface area (Å²) >= 11 is 3.40. The zero-order valence-corrected chi connectivity index (χ0v) is 11.1. The number of hydrogen-bond donors (Lipinski definition) is 0. The number of aromatic nitrogens is 1. The van der Waals surface area contributed by atoms with Gasteiger partial charge < -0.3 is 4.42 Å². The van der Waals surface area contributed by atoms with Crippen LogP contribution in [0.1, 0.15) is 0 Å². The summed E-state index contributed by atoms with van der Waals surface area (Å²) in [4.78, 5) is 4.22. The Balaban J connectivity index is 2.63. The van der Waals surface area contributed by atoms with E-state index < -0.39 is 8.07 Å². The van der Waals surface area contributed by atoms with E-state index in [0.29, 0.717) is 0 Å². The first-order valence-electron chi connectivity index (χ1n) is 4.52. The molecule has 2 aromatic rings. The van der Waals surface area contributed by atoms with E-state index in [4.69, 9.17) is 4.42 Å². The number of fused-ring (bicyclic) bond motifs is 1. The predicted molar refractivity (Wildman–Crippen MR) is 64.7 cm³/mol. The van der Waals surface area contributed by atoms with Gasteiger partial charge in [0.05, 0.1) is 5.38 Å². The second-order valence-corrected chi connectivity index (χ2v) is 10.3. The zero-order chi connectivity index (χ0) is 10.3. The van der Waals surface area contributed by atoms with E-state index in [1.54, 1.807) is 6.20 Å². The molecule has 0 amide bonds. The fraction of sp³-hybridized carbons (Fsp3) is 0.300. The molecule has 0 fully saturated rings. The van der Waals surface area contributed by atoms with Gasteiger partial charge in [0.2, 0.25) is 5.71 Å². The maximum Gasteiger partial charge on any atom is 0.225 e. The third-order valence-electron chi connectivity index (χ3n) is 2.08. The van der Waals surface area contributed by atoms with Crippen molar-refractivity contribution in [3.05, 3.63) is 22.8 Å². The molecule has 2 aromatic heterocycles. The third kappa shape index (κ3) is 1.76. The average Bonchev–Trinajstić information content (AvgIpc) is 2.45. The summed E-state index contributed by atoms with van der Waals surface area (Å²) in [6, 6.07) is 4.15. The molecule has 2 rings (SSSR count). The lowest BCUT2D eigenvalue weighted by Crippen LogP contribution is -2.36. The van der Waals surface area contributed by atoms with E-state index in [1.165, 1.54) is 0 Å². The summed E-state index contributed by atoms with van der Waals surface area (Å²) in [5.74, 6) is 0. The lowest BCUT2D eigenvalue weighted by atomic mass is 10.3. The van der Waals surface area contributed by atoms with Crippen LogP contribution < -0.4 is 5.38 Å². The molecule has 0 aliphatic carbocycles. The van der Waals surface area contributed by atoms with Gasteiger partial charge in [-0.25, -0.2) is 4.98 Å². The predicted octanol–water partition coefficient (Wildman–Crippen LogP) is 3.14. The molecule has 0 radical (unpaired) electrons. The van der Waals surface area contributed by atoms with Crippen LogP contribution in [0.25, 0.3) is 11.1 Å². The topological polar surface area (TPSA) is 26.0 Å². The minimum absolute atomic E-state index is 0.741. The molecule has 0 saturated carbocycles. The first-order valence-corrected chi connectivity index (χ1v) is 8.82. The molecule has 2 heterocycles. The van der Waals surface area contributed by atoms with E-state index in [-0.39, 0.29) is 0 Å². The molecule has 0 N–H and O–H groups in total. The quantitative estimate of drug-likeness (QED) is 0.744. The Morgan fingerprint density at radius 3 is 2.64 bits per heavy atom. The van der Waals surface area contributed by atoms with Crippen LogP contribution in [0, 0.1) is 0 Å². The van der Waals surface area contributed by atoms with Crippen molar-refractivity contribution in [3.8, 4) is 0 Å². The van der Waals surface area contributed by atoms with Gasteiger partial charge >= 0.3 is 0 Å². The van der Waals surface area contributed by atoms with Crippen LogP contribution in [0.3, 0.4) is 0 Å². The van der Waals surface area contributed by atoms with Crippen LogP contribution in [0.5, 0.6) is 0 Å². The van der Waals surface area contributed by atoms with E-state index in [1.807, 2.05) is 6.07 Å². The van der Waals surface area contributed by atoms with Crippen LogP contribution in [0.4, 0.5) is 0 Å². The minimum Gasteiger partial charge on any atom is -0.448 e. The lowest BCUT2D eigenvalue weighted by molar-refractivity contribution is 0.634. The molecule has 0 aromatic carbocycles. The Kier molecular flexibility index (Phi) is 2.27. The molecule has 0 atom stereocenters. The molecular weight excluding hydrogens is 258 g/mol. The maximum absolute atomic E-state index is 5.72. The van der Waals surface area contributed by atoms with Crippen LogP contribution >= 0.6 is 15.9 Å². The van der Waals surface area contributed by atoms with Crippen molar-refractivity contribution in [3.63, 3.8) is 0 Å². The van der Waals surface area contributed by atoms with Crippen LogP contribution in [0.2, 0.25) is 19.6 Å². The van der Waals surface area contributed by atoms with Crippen molar-refractivity contribution in [2.75, 3.05) is 0 Å². The van der Waals surface area contributed by atoms with Crippen LogP contribution in [0.15, 0.2) is 27.2 Å². The molecule has 0 spiro atoms. The number of nitrogens with zero attached hydrogens (tertiary/aromatic N) is 1. The van der Waals surface area contributed by atoms with Crippen molar-refractivity contribution >= 4 is 40.5 Å². The second-order valence-electron chi connectivity index (χ2n) is 4.41. The summed E-state index contributed by atoms with van der Waals surface area (Å²) in [5, 5.41) is 2.19. The highest BCUT2D eigenvalue weighted by Crippen LogP contribution is 2.18. The fourth-order valence-corrected chi connectivity index (χ4v) is 2.62. The highest BCUT2D eigenvalue weighted by Gasteiger charge is 2.21. The molecule has 14 heavy (non-hydrogen) atoms. The van der Waals surface area contributed by atoms with Crippen molar-refractivity contribution < 1.29 is 4.42 Å². The van der Waals surface area contributed by atoms with E-state index in [9.17, 15) is 0 Å². The highest BCUT2D eigenvalue weighted by atomic mass is 79.9. The van der Waals surface area contributed by atoms with Gasteiger partial charge in [0.25, 0.3) is 0 Å². The average molecular weight is 270 g/mol. The van der Waals surface area contributed by atoms with Crippen molar-refractivity contribution in [2.45, 2.75) is 19.6 Å². The normalized spacial score (nSPS) is 12.3. The summed E-state index contributed by atoms with van der Waals surface area (Å²) in [5.41, 5.74) is 0.741. The second kappa shape index (κ2) is 3.20. The number of furan rings is 1. The monoisotopic (exact) mass is 269 g/mol. The standard InChI is InChI=1S/C10H12BrNOSi/c1-14(2,3)9-5-7-4-8(11)6-12-10(7)13-9/h4-6H,1-3H3. The Labute approximate surface area is 92.5 Å². The van der Waals surface area contributed by atoms with E-state index >= 15 is 0 Å². The lowest BCUT2D eigenvalue weighted by Gasteiger charge is -2.10. The largest absolute Gasteiger partial charge is 0.448 e. The Morgan fingerprint density at radius 2 is 2.00 bits per heavy atom. The van der Waals surface area contributed by atoms with Gasteiger partial charge in [-0.05, 0) is 28.1 Å². The first-order chi connectivity index (χ1) is 6.47.